The maximum Gasteiger partial charge on any atom is 0.256 e. The second kappa shape index (κ2) is 7.08. The fourth-order valence-electron chi connectivity index (χ4n) is 4.03. The van der Waals surface area contributed by atoms with Crippen LogP contribution in [0.3, 0.4) is 0 Å². The second-order valence-electron chi connectivity index (χ2n) is 7.27. The minimum atomic E-state index is -0.148. The lowest BCUT2D eigenvalue weighted by Gasteiger charge is -2.07. The molecule has 1 amide bonds. The molecule has 148 valence electrons. The summed E-state index contributed by atoms with van der Waals surface area (Å²) in [6.07, 6.45) is 1.88. The summed E-state index contributed by atoms with van der Waals surface area (Å²) >= 11 is 6.89. The van der Waals surface area contributed by atoms with Crippen LogP contribution < -0.4 is 10.1 Å². The van der Waals surface area contributed by atoms with Gasteiger partial charge < -0.3 is 10.1 Å². The van der Waals surface area contributed by atoms with Crippen molar-refractivity contribution in [2.24, 2.45) is 0 Å². The number of benzene rings is 3. The zero-order valence-corrected chi connectivity index (χ0v) is 17.3. The molecule has 0 spiro atoms. The van der Waals surface area contributed by atoms with Gasteiger partial charge in [0.2, 0.25) is 0 Å². The van der Waals surface area contributed by atoms with Gasteiger partial charge >= 0.3 is 0 Å². The third-order valence-electron chi connectivity index (χ3n) is 5.47. The van der Waals surface area contributed by atoms with Gasteiger partial charge in [0.1, 0.15) is 10.9 Å². The zero-order valence-electron chi connectivity index (χ0n) is 16.6. The molecule has 1 N–H and O–H groups in total. The van der Waals surface area contributed by atoms with Crippen molar-refractivity contribution in [1.29, 1.82) is 0 Å². The van der Waals surface area contributed by atoms with Gasteiger partial charge in [-0.15, -0.1) is 0 Å². The summed E-state index contributed by atoms with van der Waals surface area (Å²) in [5, 5.41) is 4.50. The van der Waals surface area contributed by atoms with Gasteiger partial charge in [0.05, 0.1) is 12.6 Å². The van der Waals surface area contributed by atoms with Gasteiger partial charge in [-0.2, -0.15) is 0 Å². The lowest BCUT2D eigenvalue weighted by Crippen LogP contribution is -2.03. The molecular weight excluding hydrogens is 396 g/mol. The molecule has 0 fully saturated rings. The highest BCUT2D eigenvalue weighted by Gasteiger charge is 2.27. The molecule has 4 nitrogen and oxygen atoms in total. The average molecular weight is 415 g/mol. The molecule has 1 aliphatic rings. The number of anilines is 1. The number of rotatable bonds is 3. The quantitative estimate of drug-likeness (QED) is 0.412. The molecule has 0 saturated heterocycles. The molecule has 0 unspecified atom stereocenters. The minimum absolute atomic E-state index is 0.148. The Labute approximate surface area is 179 Å². The summed E-state index contributed by atoms with van der Waals surface area (Å²) in [4.78, 5) is 12.8. The van der Waals surface area contributed by atoms with Crippen molar-refractivity contribution in [2.75, 3.05) is 12.4 Å². The first kappa shape index (κ1) is 18.5. The van der Waals surface area contributed by atoms with E-state index in [9.17, 15) is 4.79 Å². The third kappa shape index (κ3) is 2.80. The highest BCUT2D eigenvalue weighted by atomic mass is 35.5. The summed E-state index contributed by atoms with van der Waals surface area (Å²) < 4.78 is 7.47. The molecule has 0 bridgehead atoms. The van der Waals surface area contributed by atoms with Crippen molar-refractivity contribution in [2.45, 2.75) is 6.92 Å². The predicted molar refractivity (Wildman–Crippen MR) is 123 cm³/mol. The Kier molecular flexibility index (Phi) is 4.37. The van der Waals surface area contributed by atoms with Gasteiger partial charge in [0.15, 0.2) is 0 Å². The first-order chi connectivity index (χ1) is 14.6. The van der Waals surface area contributed by atoms with E-state index in [0.717, 1.165) is 44.7 Å². The van der Waals surface area contributed by atoms with Crippen LogP contribution in [0.1, 0.15) is 16.7 Å². The Hall–Kier alpha value is -3.50. The van der Waals surface area contributed by atoms with E-state index in [0.29, 0.717) is 10.7 Å². The largest absolute Gasteiger partial charge is 0.496 e. The second-order valence-corrected chi connectivity index (χ2v) is 7.63. The molecular formula is C25H19ClN2O2. The molecule has 1 aliphatic heterocycles. The van der Waals surface area contributed by atoms with Crippen molar-refractivity contribution in [3.05, 3.63) is 88.6 Å². The SMILES string of the molecule is COc1cc2c(cc1C)NC(=O)C2=Cc1c(Cl)n(-c2ccccc2)c2ccccc12. The number of hydrogen-bond acceptors (Lipinski definition) is 2. The fourth-order valence-corrected chi connectivity index (χ4v) is 4.38. The number of carbonyl (C=O) groups is 1. The molecule has 2 heterocycles. The maximum absolute atomic E-state index is 12.8. The molecule has 3 aromatic carbocycles. The van der Waals surface area contributed by atoms with Gasteiger partial charge in [-0.25, -0.2) is 0 Å². The van der Waals surface area contributed by atoms with Crippen LogP contribution in [0.25, 0.3) is 28.2 Å². The van der Waals surface area contributed by atoms with Crippen LogP contribution in [0.2, 0.25) is 5.15 Å². The molecule has 4 aromatic rings. The first-order valence-corrected chi connectivity index (χ1v) is 10.0. The lowest BCUT2D eigenvalue weighted by atomic mass is 10.0. The number of nitrogens with zero attached hydrogens (tertiary/aromatic N) is 1. The molecule has 5 rings (SSSR count). The van der Waals surface area contributed by atoms with E-state index >= 15 is 0 Å². The van der Waals surface area contributed by atoms with Gasteiger partial charge in [0, 0.05) is 33.5 Å². The third-order valence-corrected chi connectivity index (χ3v) is 5.85. The fraction of sp³-hybridized carbons (Fsp3) is 0.0800. The molecule has 0 radical (unpaired) electrons. The van der Waals surface area contributed by atoms with Gasteiger partial charge in [-0.1, -0.05) is 48.0 Å². The van der Waals surface area contributed by atoms with Crippen molar-refractivity contribution in [1.82, 2.24) is 4.57 Å². The Morgan fingerprint density at radius 3 is 2.53 bits per heavy atom. The van der Waals surface area contributed by atoms with E-state index in [1.807, 2.05) is 84.3 Å². The zero-order chi connectivity index (χ0) is 20.8. The van der Waals surface area contributed by atoms with E-state index in [1.165, 1.54) is 0 Å². The van der Waals surface area contributed by atoms with Crippen LogP contribution in [-0.4, -0.2) is 17.6 Å². The van der Waals surface area contributed by atoms with Crippen LogP contribution in [0, 0.1) is 6.92 Å². The van der Waals surface area contributed by atoms with Crippen LogP contribution in [0.4, 0.5) is 5.69 Å². The number of amides is 1. The maximum atomic E-state index is 12.8. The van der Waals surface area contributed by atoms with Gasteiger partial charge in [0.25, 0.3) is 5.91 Å². The van der Waals surface area contributed by atoms with Crippen molar-refractivity contribution < 1.29 is 9.53 Å². The Morgan fingerprint density at radius 1 is 1.03 bits per heavy atom. The number of carbonyl (C=O) groups excluding carboxylic acids is 1. The highest BCUT2D eigenvalue weighted by Crippen LogP contribution is 2.40. The van der Waals surface area contributed by atoms with E-state index < -0.39 is 0 Å². The molecule has 0 atom stereocenters. The number of para-hydroxylation sites is 2. The Morgan fingerprint density at radius 2 is 1.77 bits per heavy atom. The Balaban J connectivity index is 1.76. The van der Waals surface area contributed by atoms with E-state index in [4.69, 9.17) is 16.3 Å². The molecule has 0 saturated carbocycles. The average Bonchev–Trinajstić information content (AvgIpc) is 3.21. The summed E-state index contributed by atoms with van der Waals surface area (Å²) in [5.74, 6) is 0.597. The summed E-state index contributed by atoms with van der Waals surface area (Å²) in [6.45, 7) is 1.96. The smallest absolute Gasteiger partial charge is 0.256 e. The van der Waals surface area contributed by atoms with E-state index in [2.05, 4.69) is 5.32 Å². The molecule has 30 heavy (non-hydrogen) atoms. The monoisotopic (exact) mass is 414 g/mol. The number of aromatic nitrogens is 1. The molecule has 1 aromatic heterocycles. The van der Waals surface area contributed by atoms with Crippen molar-refractivity contribution in [3.63, 3.8) is 0 Å². The van der Waals surface area contributed by atoms with Crippen molar-refractivity contribution >= 4 is 45.7 Å². The lowest BCUT2D eigenvalue weighted by molar-refractivity contribution is -0.110. The van der Waals surface area contributed by atoms with E-state index in [1.54, 1.807) is 7.11 Å². The number of aryl methyl sites for hydroxylation is 1. The van der Waals surface area contributed by atoms with Crippen molar-refractivity contribution in [3.8, 4) is 11.4 Å². The molecule has 0 aliphatic carbocycles. The summed E-state index contributed by atoms with van der Waals surface area (Å²) in [7, 11) is 1.63. The standard InChI is InChI=1S/C25H19ClN2O2/c1-15-12-21-18(14-23(15)30-2)20(25(29)27-21)13-19-17-10-6-7-11-22(17)28(24(19)26)16-8-4-3-5-9-16/h3-14H,1-2H3,(H,27,29). The van der Waals surface area contributed by atoms with Crippen LogP contribution >= 0.6 is 11.6 Å². The van der Waals surface area contributed by atoms with Crippen LogP contribution in [0.5, 0.6) is 5.75 Å². The van der Waals surface area contributed by atoms with Crippen LogP contribution in [0.15, 0.2) is 66.7 Å². The summed E-state index contributed by atoms with van der Waals surface area (Å²) in [5.41, 5.74) is 5.91. The van der Waals surface area contributed by atoms with Crippen LogP contribution in [-0.2, 0) is 4.79 Å². The van der Waals surface area contributed by atoms with E-state index in [-0.39, 0.29) is 5.91 Å². The minimum Gasteiger partial charge on any atom is -0.496 e. The number of ether oxygens (including phenoxy) is 1. The topological polar surface area (TPSA) is 43.3 Å². The van der Waals surface area contributed by atoms with Gasteiger partial charge in [-0.3, -0.25) is 9.36 Å². The normalized spacial score (nSPS) is 14.2. The summed E-state index contributed by atoms with van der Waals surface area (Å²) in [6, 6.07) is 21.8. The number of hydrogen-bond donors (Lipinski definition) is 1. The number of fused-ring (bicyclic) bond motifs is 2. The number of nitrogens with one attached hydrogen (secondary N) is 1. The number of halogens is 1. The highest BCUT2D eigenvalue weighted by molar-refractivity contribution is 6.38. The Bertz CT molecular complexity index is 1340. The first-order valence-electron chi connectivity index (χ1n) is 9.65. The number of methoxy groups -OCH3 is 1. The molecule has 5 heteroatoms. The van der Waals surface area contributed by atoms with Gasteiger partial charge in [-0.05, 0) is 48.9 Å². The predicted octanol–water partition coefficient (Wildman–Crippen LogP) is 6.09.